The third kappa shape index (κ3) is 6.99. The Morgan fingerprint density at radius 3 is 2.00 bits per heavy atom. The number of carbonyl (C=O) groups excluding carboxylic acids is 4. The van der Waals surface area contributed by atoms with Crippen molar-refractivity contribution in [3.05, 3.63) is 0 Å². The van der Waals surface area contributed by atoms with E-state index in [1.165, 1.54) is 27.7 Å². The lowest BCUT2D eigenvalue weighted by Gasteiger charge is -2.43. The molecule has 0 aromatic heterocycles. The average Bonchev–Trinajstić information content (AvgIpc) is 2.51. The highest BCUT2D eigenvalue weighted by molar-refractivity contribution is 5.67. The van der Waals surface area contributed by atoms with Crippen molar-refractivity contribution in [1.82, 2.24) is 0 Å². The number of hydrogen-bond donors (Lipinski definition) is 0. The quantitative estimate of drug-likeness (QED) is 0.467. The van der Waals surface area contributed by atoms with Crippen LogP contribution in [0.3, 0.4) is 0 Å². The molecule has 1 saturated heterocycles. The van der Waals surface area contributed by atoms with E-state index in [9.17, 15) is 19.2 Å². The Kier molecular flexibility index (Phi) is 8.50. The molecule has 0 amide bonds. The molecule has 9 nitrogen and oxygen atoms in total. The standard InChI is InChI=1S/C17H26O9/c1-9(6-22-10(2)18)16-14(7-23-11(3)19)24-8-15(25-12(4)20)17(16)26-13(5)21/h9,14-17H,6-8H2,1-5H3/t9-,14?,15?,16+,17?/m0/s1. The van der Waals surface area contributed by atoms with E-state index in [0.29, 0.717) is 0 Å². The maximum atomic E-state index is 11.6. The van der Waals surface area contributed by atoms with Gasteiger partial charge in [0.15, 0.2) is 6.10 Å². The Morgan fingerprint density at radius 2 is 1.50 bits per heavy atom. The summed E-state index contributed by atoms with van der Waals surface area (Å²) in [5, 5.41) is 0. The van der Waals surface area contributed by atoms with Gasteiger partial charge in [0.25, 0.3) is 0 Å². The van der Waals surface area contributed by atoms with E-state index < -0.39 is 48.1 Å². The molecule has 3 unspecified atom stereocenters. The molecule has 1 fully saturated rings. The highest BCUT2D eigenvalue weighted by Crippen LogP contribution is 2.33. The lowest BCUT2D eigenvalue weighted by molar-refractivity contribution is -0.217. The predicted molar refractivity (Wildman–Crippen MR) is 86.8 cm³/mol. The van der Waals surface area contributed by atoms with Crippen LogP contribution in [0.25, 0.3) is 0 Å². The zero-order valence-corrected chi connectivity index (χ0v) is 15.7. The molecule has 5 atom stereocenters. The van der Waals surface area contributed by atoms with Crippen molar-refractivity contribution in [3.8, 4) is 0 Å². The van der Waals surface area contributed by atoms with E-state index >= 15 is 0 Å². The molecule has 0 N–H and O–H groups in total. The summed E-state index contributed by atoms with van der Waals surface area (Å²) in [4.78, 5) is 45.2. The molecule has 1 aliphatic rings. The second kappa shape index (κ2) is 10.1. The molecule has 0 spiro atoms. The molecular weight excluding hydrogens is 348 g/mol. The maximum Gasteiger partial charge on any atom is 0.303 e. The zero-order valence-electron chi connectivity index (χ0n) is 15.7. The molecule has 0 aromatic carbocycles. The summed E-state index contributed by atoms with van der Waals surface area (Å²) in [5.41, 5.74) is 0. The van der Waals surface area contributed by atoms with Gasteiger partial charge in [-0.2, -0.15) is 0 Å². The fourth-order valence-corrected chi connectivity index (χ4v) is 2.95. The minimum atomic E-state index is -0.823. The van der Waals surface area contributed by atoms with Gasteiger partial charge in [-0.05, 0) is 5.92 Å². The molecule has 1 aliphatic heterocycles. The number of rotatable bonds is 7. The summed E-state index contributed by atoms with van der Waals surface area (Å²) in [7, 11) is 0. The zero-order chi connectivity index (χ0) is 19.9. The van der Waals surface area contributed by atoms with Crippen LogP contribution in [0.1, 0.15) is 34.6 Å². The van der Waals surface area contributed by atoms with E-state index in [-0.39, 0.29) is 25.7 Å². The SMILES string of the molecule is CC(=O)OCC1OCC(OC(C)=O)C(OC(C)=O)[C@@H]1[C@@H](C)COC(C)=O. The Labute approximate surface area is 152 Å². The highest BCUT2D eigenvalue weighted by Gasteiger charge is 2.47. The molecule has 0 bridgehead atoms. The molecule has 1 heterocycles. The summed E-state index contributed by atoms with van der Waals surface area (Å²) < 4.78 is 26.4. The monoisotopic (exact) mass is 374 g/mol. The lowest BCUT2D eigenvalue weighted by Crippen LogP contribution is -2.56. The summed E-state index contributed by atoms with van der Waals surface area (Å²) >= 11 is 0. The molecule has 9 heteroatoms. The number of carbonyl (C=O) groups is 4. The van der Waals surface area contributed by atoms with Crippen molar-refractivity contribution in [2.45, 2.75) is 52.9 Å². The number of esters is 4. The van der Waals surface area contributed by atoms with Gasteiger partial charge in [0, 0.05) is 33.6 Å². The number of hydrogen-bond acceptors (Lipinski definition) is 9. The first-order chi connectivity index (χ1) is 12.1. The summed E-state index contributed by atoms with van der Waals surface area (Å²) in [6, 6.07) is 0. The minimum absolute atomic E-state index is 0.0136. The van der Waals surface area contributed by atoms with E-state index in [1.807, 2.05) is 0 Å². The topological polar surface area (TPSA) is 114 Å². The Hall–Kier alpha value is -2.16. The van der Waals surface area contributed by atoms with E-state index in [4.69, 9.17) is 23.7 Å². The summed E-state index contributed by atoms with van der Waals surface area (Å²) in [6.45, 7) is 6.79. The van der Waals surface area contributed by atoms with Crippen molar-refractivity contribution >= 4 is 23.9 Å². The van der Waals surface area contributed by atoms with E-state index in [0.717, 1.165) is 0 Å². The van der Waals surface area contributed by atoms with E-state index in [2.05, 4.69) is 0 Å². The molecule has 0 aromatic rings. The molecule has 0 aliphatic carbocycles. The first kappa shape index (κ1) is 21.9. The molecule has 0 radical (unpaired) electrons. The van der Waals surface area contributed by atoms with Crippen LogP contribution in [0.4, 0.5) is 0 Å². The van der Waals surface area contributed by atoms with Crippen molar-refractivity contribution < 1.29 is 42.9 Å². The van der Waals surface area contributed by atoms with Gasteiger partial charge in [0.05, 0.1) is 19.3 Å². The minimum Gasteiger partial charge on any atom is -0.466 e. The van der Waals surface area contributed by atoms with Crippen LogP contribution in [-0.2, 0) is 42.9 Å². The third-order valence-corrected chi connectivity index (χ3v) is 3.93. The van der Waals surface area contributed by atoms with Gasteiger partial charge >= 0.3 is 23.9 Å². The fourth-order valence-electron chi connectivity index (χ4n) is 2.95. The van der Waals surface area contributed by atoms with Crippen molar-refractivity contribution in [2.24, 2.45) is 11.8 Å². The Morgan fingerprint density at radius 1 is 0.923 bits per heavy atom. The summed E-state index contributed by atoms with van der Waals surface area (Å²) in [6.07, 6.45) is -2.24. The van der Waals surface area contributed by atoms with Crippen LogP contribution in [0, 0.1) is 11.8 Å². The second-order valence-corrected chi connectivity index (χ2v) is 6.25. The molecule has 26 heavy (non-hydrogen) atoms. The van der Waals surface area contributed by atoms with Crippen molar-refractivity contribution in [1.29, 1.82) is 0 Å². The Bertz CT molecular complexity index is 530. The van der Waals surface area contributed by atoms with Gasteiger partial charge in [-0.1, -0.05) is 6.92 Å². The Balaban J connectivity index is 3.07. The molecule has 1 rings (SSSR count). The smallest absolute Gasteiger partial charge is 0.303 e. The molecule has 0 saturated carbocycles. The first-order valence-corrected chi connectivity index (χ1v) is 8.34. The molecular formula is C17H26O9. The molecule has 148 valence electrons. The van der Waals surface area contributed by atoms with Crippen LogP contribution < -0.4 is 0 Å². The number of ether oxygens (including phenoxy) is 5. The van der Waals surface area contributed by atoms with Crippen molar-refractivity contribution in [2.75, 3.05) is 19.8 Å². The lowest BCUT2D eigenvalue weighted by atomic mass is 9.80. The summed E-state index contributed by atoms with van der Waals surface area (Å²) in [5.74, 6) is -2.86. The normalized spacial score (nSPS) is 26.3. The third-order valence-electron chi connectivity index (χ3n) is 3.93. The maximum absolute atomic E-state index is 11.6. The second-order valence-electron chi connectivity index (χ2n) is 6.25. The van der Waals surface area contributed by atoms with Crippen LogP contribution in [0.15, 0.2) is 0 Å². The first-order valence-electron chi connectivity index (χ1n) is 8.34. The van der Waals surface area contributed by atoms with E-state index in [1.54, 1.807) is 6.92 Å². The fraction of sp³-hybridized carbons (Fsp3) is 0.765. The van der Waals surface area contributed by atoms with Crippen LogP contribution in [-0.4, -0.2) is 62.0 Å². The van der Waals surface area contributed by atoms with Gasteiger partial charge in [-0.25, -0.2) is 0 Å². The van der Waals surface area contributed by atoms with Gasteiger partial charge in [-0.15, -0.1) is 0 Å². The van der Waals surface area contributed by atoms with Crippen LogP contribution >= 0.6 is 0 Å². The van der Waals surface area contributed by atoms with Gasteiger partial charge in [-0.3, -0.25) is 19.2 Å². The van der Waals surface area contributed by atoms with Crippen LogP contribution in [0.2, 0.25) is 0 Å². The average molecular weight is 374 g/mol. The van der Waals surface area contributed by atoms with Crippen molar-refractivity contribution in [3.63, 3.8) is 0 Å². The van der Waals surface area contributed by atoms with Gasteiger partial charge in [0.1, 0.15) is 12.7 Å². The van der Waals surface area contributed by atoms with Crippen LogP contribution in [0.5, 0.6) is 0 Å². The predicted octanol–water partition coefficient (Wildman–Crippen LogP) is 0.627. The largest absolute Gasteiger partial charge is 0.466 e. The van der Waals surface area contributed by atoms with Gasteiger partial charge < -0.3 is 23.7 Å². The highest BCUT2D eigenvalue weighted by atomic mass is 16.6. The van der Waals surface area contributed by atoms with Gasteiger partial charge in [0.2, 0.25) is 0 Å².